The predicted molar refractivity (Wildman–Crippen MR) is 82.0 cm³/mol. The van der Waals surface area contributed by atoms with Gasteiger partial charge in [0.15, 0.2) is 0 Å². The Hall–Kier alpha value is -0.160. The third-order valence-corrected chi connectivity index (χ3v) is 4.37. The van der Waals surface area contributed by atoms with Gasteiger partial charge in [-0.1, -0.05) is 13.8 Å². The Morgan fingerprint density at radius 1 is 1.15 bits per heavy atom. The van der Waals surface area contributed by atoms with Gasteiger partial charge in [0, 0.05) is 38.8 Å². The molecule has 2 saturated heterocycles. The van der Waals surface area contributed by atoms with E-state index >= 15 is 0 Å². The summed E-state index contributed by atoms with van der Waals surface area (Å²) < 4.78 is 11.0. The van der Waals surface area contributed by atoms with Crippen LogP contribution in [0, 0.1) is 11.8 Å². The molecule has 2 atom stereocenters. The summed E-state index contributed by atoms with van der Waals surface area (Å²) in [6.07, 6.45) is 3.82. The fourth-order valence-electron chi connectivity index (χ4n) is 3.27. The number of nitrogens with zero attached hydrogens (tertiary/aromatic N) is 1. The molecule has 2 aliphatic rings. The maximum Gasteiger partial charge on any atom is 0.0594 e. The quantitative estimate of drug-likeness (QED) is 0.772. The Morgan fingerprint density at radius 3 is 2.60 bits per heavy atom. The van der Waals surface area contributed by atoms with Crippen LogP contribution in [0.4, 0.5) is 0 Å². The van der Waals surface area contributed by atoms with Crippen LogP contribution in [-0.4, -0.2) is 63.5 Å². The molecular formula is C16H32N2O2. The van der Waals surface area contributed by atoms with Gasteiger partial charge in [-0.25, -0.2) is 0 Å². The van der Waals surface area contributed by atoms with Crippen molar-refractivity contribution in [3.63, 3.8) is 0 Å². The van der Waals surface area contributed by atoms with E-state index in [1.807, 2.05) is 0 Å². The summed E-state index contributed by atoms with van der Waals surface area (Å²) in [5.41, 5.74) is 0. The minimum absolute atomic E-state index is 0.656. The third kappa shape index (κ3) is 5.68. The van der Waals surface area contributed by atoms with E-state index in [0.717, 1.165) is 58.5 Å². The molecule has 2 heterocycles. The molecule has 0 aromatic carbocycles. The topological polar surface area (TPSA) is 33.7 Å². The summed E-state index contributed by atoms with van der Waals surface area (Å²) in [4.78, 5) is 2.61. The molecule has 4 heteroatoms. The van der Waals surface area contributed by atoms with Crippen LogP contribution in [0.25, 0.3) is 0 Å². The zero-order chi connectivity index (χ0) is 14.2. The first kappa shape index (κ1) is 16.2. The molecule has 2 unspecified atom stereocenters. The fourth-order valence-corrected chi connectivity index (χ4v) is 3.27. The molecule has 0 bridgehead atoms. The van der Waals surface area contributed by atoms with Crippen molar-refractivity contribution in [3.8, 4) is 0 Å². The second-order valence-electron chi connectivity index (χ2n) is 6.67. The molecule has 2 fully saturated rings. The van der Waals surface area contributed by atoms with Crippen LogP contribution in [-0.2, 0) is 9.47 Å². The molecule has 2 aliphatic heterocycles. The molecule has 0 radical (unpaired) electrons. The van der Waals surface area contributed by atoms with Gasteiger partial charge in [0.2, 0.25) is 0 Å². The Kier molecular flexibility index (Phi) is 7.28. The first-order chi connectivity index (χ1) is 9.75. The smallest absolute Gasteiger partial charge is 0.0594 e. The Balaban J connectivity index is 1.71. The number of hydrogen-bond acceptors (Lipinski definition) is 4. The van der Waals surface area contributed by atoms with Crippen LogP contribution in [0.15, 0.2) is 0 Å². The number of hydrogen-bond donors (Lipinski definition) is 1. The molecule has 0 amide bonds. The Morgan fingerprint density at radius 2 is 1.95 bits per heavy atom. The van der Waals surface area contributed by atoms with Gasteiger partial charge in [0.05, 0.1) is 19.8 Å². The van der Waals surface area contributed by atoms with Crippen molar-refractivity contribution in [2.45, 2.75) is 39.2 Å². The van der Waals surface area contributed by atoms with Crippen LogP contribution in [0.3, 0.4) is 0 Å². The molecule has 118 valence electrons. The molecule has 4 nitrogen and oxygen atoms in total. The maximum absolute atomic E-state index is 5.55. The molecule has 0 spiro atoms. The monoisotopic (exact) mass is 284 g/mol. The number of morpholine rings is 1. The molecule has 1 N–H and O–H groups in total. The van der Waals surface area contributed by atoms with Gasteiger partial charge in [-0.3, -0.25) is 4.90 Å². The lowest BCUT2D eigenvalue weighted by Crippen LogP contribution is -2.49. The lowest BCUT2D eigenvalue weighted by atomic mass is 10.00. The Labute approximate surface area is 124 Å². The summed E-state index contributed by atoms with van der Waals surface area (Å²) in [6, 6.07) is 0.656. The van der Waals surface area contributed by atoms with Crippen LogP contribution in [0.5, 0.6) is 0 Å². The zero-order valence-electron chi connectivity index (χ0n) is 13.3. The normalized spacial score (nSPS) is 26.9. The molecule has 0 aromatic heterocycles. The summed E-state index contributed by atoms with van der Waals surface area (Å²) in [5.74, 6) is 1.47. The van der Waals surface area contributed by atoms with Crippen LogP contribution in [0.2, 0.25) is 0 Å². The van der Waals surface area contributed by atoms with Crippen molar-refractivity contribution in [3.05, 3.63) is 0 Å². The highest BCUT2D eigenvalue weighted by Crippen LogP contribution is 2.15. The van der Waals surface area contributed by atoms with Gasteiger partial charge in [-0.2, -0.15) is 0 Å². The standard InChI is InChI=1S/C16H32N2O2/c1-14(2)10-16(18-5-8-19-9-6-18)12-17-11-15-4-3-7-20-13-15/h14-17H,3-13H2,1-2H3. The highest BCUT2D eigenvalue weighted by atomic mass is 16.5. The summed E-state index contributed by atoms with van der Waals surface area (Å²) in [7, 11) is 0. The van der Waals surface area contributed by atoms with Gasteiger partial charge in [-0.15, -0.1) is 0 Å². The number of rotatable bonds is 7. The minimum atomic E-state index is 0.656. The zero-order valence-corrected chi connectivity index (χ0v) is 13.3. The van der Waals surface area contributed by atoms with E-state index in [-0.39, 0.29) is 0 Å². The fraction of sp³-hybridized carbons (Fsp3) is 1.00. The second kappa shape index (κ2) is 8.98. The number of ether oxygens (including phenoxy) is 2. The van der Waals surface area contributed by atoms with Gasteiger partial charge in [0.1, 0.15) is 0 Å². The molecular weight excluding hydrogens is 252 g/mol. The maximum atomic E-state index is 5.55. The van der Waals surface area contributed by atoms with E-state index in [9.17, 15) is 0 Å². The summed E-state index contributed by atoms with van der Waals surface area (Å²) >= 11 is 0. The van der Waals surface area contributed by atoms with Gasteiger partial charge in [0.25, 0.3) is 0 Å². The van der Waals surface area contributed by atoms with E-state index in [2.05, 4.69) is 24.1 Å². The second-order valence-corrected chi connectivity index (χ2v) is 6.67. The van der Waals surface area contributed by atoms with E-state index in [0.29, 0.717) is 12.0 Å². The minimum Gasteiger partial charge on any atom is -0.381 e. The average Bonchev–Trinajstić information content (AvgIpc) is 2.48. The molecule has 0 saturated carbocycles. The highest BCUT2D eigenvalue weighted by Gasteiger charge is 2.22. The molecule has 0 aromatic rings. The van der Waals surface area contributed by atoms with E-state index < -0.39 is 0 Å². The van der Waals surface area contributed by atoms with Crippen molar-refractivity contribution in [1.82, 2.24) is 10.2 Å². The Bertz CT molecular complexity index is 249. The van der Waals surface area contributed by atoms with Crippen molar-refractivity contribution < 1.29 is 9.47 Å². The van der Waals surface area contributed by atoms with Crippen LogP contribution in [0.1, 0.15) is 33.1 Å². The predicted octanol–water partition coefficient (Wildman–Crippen LogP) is 1.75. The van der Waals surface area contributed by atoms with Crippen molar-refractivity contribution >= 4 is 0 Å². The molecule has 0 aliphatic carbocycles. The van der Waals surface area contributed by atoms with E-state index in [1.165, 1.54) is 19.3 Å². The SMILES string of the molecule is CC(C)CC(CNCC1CCCOC1)N1CCOCC1. The van der Waals surface area contributed by atoms with Gasteiger partial charge >= 0.3 is 0 Å². The summed E-state index contributed by atoms with van der Waals surface area (Å²) in [5, 5.41) is 3.70. The van der Waals surface area contributed by atoms with E-state index in [4.69, 9.17) is 9.47 Å². The van der Waals surface area contributed by atoms with Crippen LogP contribution >= 0.6 is 0 Å². The van der Waals surface area contributed by atoms with Gasteiger partial charge in [-0.05, 0) is 31.1 Å². The highest BCUT2D eigenvalue weighted by molar-refractivity contribution is 4.78. The third-order valence-electron chi connectivity index (χ3n) is 4.37. The number of nitrogens with one attached hydrogen (secondary N) is 1. The lowest BCUT2D eigenvalue weighted by Gasteiger charge is -2.36. The lowest BCUT2D eigenvalue weighted by molar-refractivity contribution is 0.0111. The molecule has 20 heavy (non-hydrogen) atoms. The molecule has 2 rings (SSSR count). The average molecular weight is 284 g/mol. The summed E-state index contributed by atoms with van der Waals surface area (Å²) in [6.45, 7) is 12.7. The van der Waals surface area contributed by atoms with Crippen molar-refractivity contribution in [1.29, 1.82) is 0 Å². The van der Waals surface area contributed by atoms with Crippen LogP contribution < -0.4 is 5.32 Å². The first-order valence-electron chi connectivity index (χ1n) is 8.36. The van der Waals surface area contributed by atoms with E-state index in [1.54, 1.807) is 0 Å². The van der Waals surface area contributed by atoms with Crippen molar-refractivity contribution in [2.24, 2.45) is 11.8 Å². The first-order valence-corrected chi connectivity index (χ1v) is 8.36. The largest absolute Gasteiger partial charge is 0.381 e. The van der Waals surface area contributed by atoms with Crippen molar-refractivity contribution in [2.75, 3.05) is 52.6 Å². The van der Waals surface area contributed by atoms with Gasteiger partial charge < -0.3 is 14.8 Å².